The highest BCUT2D eigenvalue weighted by molar-refractivity contribution is 7.97. The first-order valence-electron chi connectivity index (χ1n) is 5.50. The molecule has 1 aromatic heterocycles. The van der Waals surface area contributed by atoms with Gasteiger partial charge in [-0.25, -0.2) is 4.98 Å². The molecule has 1 fully saturated rings. The van der Waals surface area contributed by atoms with Crippen molar-refractivity contribution in [1.82, 2.24) is 9.71 Å². The molecule has 86 valence electrons. The molecule has 0 bridgehead atoms. The van der Waals surface area contributed by atoms with Gasteiger partial charge in [0.15, 0.2) is 0 Å². The van der Waals surface area contributed by atoms with Crippen LogP contribution in [-0.4, -0.2) is 30.3 Å². The maximum Gasteiger partial charge on any atom is 0.229 e. The summed E-state index contributed by atoms with van der Waals surface area (Å²) in [5, 5.41) is 0. The maximum absolute atomic E-state index is 6.11. The molecule has 0 amide bonds. The Balaban J connectivity index is 1.89. The summed E-state index contributed by atoms with van der Waals surface area (Å²) < 4.78 is 14.9. The monoisotopic (exact) mass is 238 g/mol. The fourth-order valence-corrected chi connectivity index (χ4v) is 2.86. The molecule has 2 aliphatic rings. The number of aromatic nitrogens is 1. The fourth-order valence-electron chi connectivity index (χ4n) is 2.04. The fraction of sp³-hybridized carbons (Fsp3) is 0.545. The van der Waals surface area contributed by atoms with Crippen LogP contribution in [0, 0.1) is 0 Å². The van der Waals surface area contributed by atoms with Crippen LogP contribution >= 0.6 is 11.9 Å². The normalized spacial score (nSPS) is 23.2. The molecule has 0 atom stereocenters. The number of hydrogen-bond donors (Lipinski definition) is 1. The first-order valence-corrected chi connectivity index (χ1v) is 6.31. The molecular weight excluding hydrogens is 224 g/mol. The molecule has 3 heterocycles. The Morgan fingerprint density at radius 1 is 1.38 bits per heavy atom. The minimum atomic E-state index is -0.134. The van der Waals surface area contributed by atoms with Crippen LogP contribution in [0.4, 0.5) is 0 Å². The SMILES string of the molecule is c1cnc2c(c1)SNCC1(CCOCC1)O2. The highest BCUT2D eigenvalue weighted by Gasteiger charge is 2.37. The van der Waals surface area contributed by atoms with Crippen LogP contribution in [0.2, 0.25) is 0 Å². The van der Waals surface area contributed by atoms with Crippen molar-refractivity contribution in [2.75, 3.05) is 19.8 Å². The lowest BCUT2D eigenvalue weighted by atomic mass is 9.94. The predicted molar refractivity (Wildman–Crippen MR) is 61.5 cm³/mol. The molecule has 0 radical (unpaired) electrons. The van der Waals surface area contributed by atoms with Crippen molar-refractivity contribution in [2.24, 2.45) is 0 Å². The summed E-state index contributed by atoms with van der Waals surface area (Å²) in [4.78, 5) is 5.37. The molecule has 16 heavy (non-hydrogen) atoms. The lowest BCUT2D eigenvalue weighted by Gasteiger charge is -2.35. The number of pyridine rings is 1. The van der Waals surface area contributed by atoms with Gasteiger partial charge in [-0.05, 0) is 24.1 Å². The van der Waals surface area contributed by atoms with E-state index in [9.17, 15) is 0 Å². The van der Waals surface area contributed by atoms with E-state index in [4.69, 9.17) is 9.47 Å². The van der Waals surface area contributed by atoms with Gasteiger partial charge in [0.1, 0.15) is 5.60 Å². The summed E-state index contributed by atoms with van der Waals surface area (Å²) in [6.07, 6.45) is 3.63. The summed E-state index contributed by atoms with van der Waals surface area (Å²) in [7, 11) is 0. The molecule has 0 aliphatic carbocycles. The predicted octanol–water partition coefficient (Wildman–Crippen LogP) is 1.62. The van der Waals surface area contributed by atoms with E-state index >= 15 is 0 Å². The van der Waals surface area contributed by atoms with Crippen LogP contribution in [0.5, 0.6) is 5.88 Å². The summed E-state index contributed by atoms with van der Waals surface area (Å²) in [6, 6.07) is 3.96. The van der Waals surface area contributed by atoms with E-state index in [0.29, 0.717) is 0 Å². The molecule has 1 saturated heterocycles. The van der Waals surface area contributed by atoms with Crippen molar-refractivity contribution < 1.29 is 9.47 Å². The van der Waals surface area contributed by atoms with E-state index in [1.807, 2.05) is 12.1 Å². The van der Waals surface area contributed by atoms with Crippen molar-refractivity contribution >= 4 is 11.9 Å². The van der Waals surface area contributed by atoms with E-state index in [1.165, 1.54) is 0 Å². The number of nitrogens with one attached hydrogen (secondary N) is 1. The Labute approximate surface area is 98.9 Å². The Morgan fingerprint density at radius 3 is 3.12 bits per heavy atom. The van der Waals surface area contributed by atoms with E-state index in [2.05, 4.69) is 9.71 Å². The zero-order valence-electron chi connectivity index (χ0n) is 8.94. The summed E-state index contributed by atoms with van der Waals surface area (Å²) >= 11 is 1.60. The molecule has 0 unspecified atom stereocenters. The summed E-state index contributed by atoms with van der Waals surface area (Å²) in [5.74, 6) is 0.749. The highest BCUT2D eigenvalue weighted by atomic mass is 32.2. The minimum Gasteiger partial charge on any atom is -0.469 e. The van der Waals surface area contributed by atoms with Crippen LogP contribution in [-0.2, 0) is 4.74 Å². The molecule has 0 aromatic carbocycles. The topological polar surface area (TPSA) is 43.4 Å². The van der Waals surface area contributed by atoms with Crippen molar-refractivity contribution in [3.63, 3.8) is 0 Å². The Morgan fingerprint density at radius 2 is 2.25 bits per heavy atom. The van der Waals surface area contributed by atoms with Gasteiger partial charge in [-0.3, -0.25) is 4.72 Å². The molecule has 3 rings (SSSR count). The van der Waals surface area contributed by atoms with Crippen LogP contribution in [0.25, 0.3) is 0 Å². The summed E-state index contributed by atoms with van der Waals surface area (Å²) in [6.45, 7) is 2.39. The second kappa shape index (κ2) is 4.24. The number of ether oxygens (including phenoxy) is 2. The zero-order valence-corrected chi connectivity index (χ0v) is 9.76. The molecule has 1 spiro atoms. The highest BCUT2D eigenvalue weighted by Crippen LogP contribution is 2.35. The van der Waals surface area contributed by atoms with E-state index in [0.717, 1.165) is 43.4 Å². The molecule has 1 N–H and O–H groups in total. The van der Waals surface area contributed by atoms with E-state index in [1.54, 1.807) is 18.1 Å². The smallest absolute Gasteiger partial charge is 0.229 e. The average molecular weight is 238 g/mol. The minimum absolute atomic E-state index is 0.134. The van der Waals surface area contributed by atoms with Crippen LogP contribution in [0.15, 0.2) is 23.2 Å². The quantitative estimate of drug-likeness (QED) is 0.696. The second-order valence-corrected chi connectivity index (χ2v) is 5.06. The lowest BCUT2D eigenvalue weighted by molar-refractivity contribution is -0.0442. The van der Waals surface area contributed by atoms with Crippen LogP contribution in [0.1, 0.15) is 12.8 Å². The summed E-state index contributed by atoms with van der Waals surface area (Å²) in [5.41, 5.74) is -0.134. The Kier molecular flexibility index (Phi) is 2.75. The van der Waals surface area contributed by atoms with Gasteiger partial charge in [-0.2, -0.15) is 0 Å². The third-order valence-corrected chi connectivity index (χ3v) is 3.85. The van der Waals surface area contributed by atoms with Gasteiger partial charge in [-0.1, -0.05) is 0 Å². The molecule has 4 nitrogen and oxygen atoms in total. The number of rotatable bonds is 0. The standard InChI is InChI=1S/C11H14N2O2S/c1-2-9-10(12-5-1)15-11(8-13-16-9)3-6-14-7-4-11/h1-2,5,13H,3-4,6-8H2. The second-order valence-electron chi connectivity index (χ2n) is 4.13. The van der Waals surface area contributed by atoms with Gasteiger partial charge < -0.3 is 9.47 Å². The number of nitrogens with zero attached hydrogens (tertiary/aromatic N) is 1. The van der Waals surface area contributed by atoms with Gasteiger partial charge in [0.25, 0.3) is 0 Å². The third kappa shape index (κ3) is 1.90. The lowest BCUT2D eigenvalue weighted by Crippen LogP contribution is -2.47. The molecule has 1 aromatic rings. The van der Waals surface area contributed by atoms with Gasteiger partial charge in [-0.15, -0.1) is 0 Å². The van der Waals surface area contributed by atoms with Crippen LogP contribution < -0.4 is 9.46 Å². The van der Waals surface area contributed by atoms with Crippen molar-refractivity contribution in [1.29, 1.82) is 0 Å². The van der Waals surface area contributed by atoms with Gasteiger partial charge in [0, 0.05) is 25.6 Å². The van der Waals surface area contributed by atoms with Crippen molar-refractivity contribution in [2.45, 2.75) is 23.3 Å². The number of hydrogen-bond acceptors (Lipinski definition) is 5. The van der Waals surface area contributed by atoms with E-state index in [-0.39, 0.29) is 5.60 Å². The van der Waals surface area contributed by atoms with Crippen molar-refractivity contribution in [3.8, 4) is 5.88 Å². The van der Waals surface area contributed by atoms with Crippen LogP contribution in [0.3, 0.4) is 0 Å². The Hall–Kier alpha value is -0.780. The largest absolute Gasteiger partial charge is 0.469 e. The maximum atomic E-state index is 6.11. The first kappa shape index (κ1) is 10.4. The van der Waals surface area contributed by atoms with Gasteiger partial charge in [0.2, 0.25) is 5.88 Å². The molecular formula is C11H14N2O2S. The average Bonchev–Trinajstić information content (AvgIpc) is 2.49. The van der Waals surface area contributed by atoms with Crippen molar-refractivity contribution in [3.05, 3.63) is 18.3 Å². The molecule has 2 aliphatic heterocycles. The Bertz CT molecular complexity index is 380. The first-order chi connectivity index (χ1) is 7.88. The zero-order chi connectivity index (χ0) is 10.8. The molecule has 0 saturated carbocycles. The van der Waals surface area contributed by atoms with E-state index < -0.39 is 0 Å². The molecule has 5 heteroatoms. The third-order valence-electron chi connectivity index (χ3n) is 3.03. The van der Waals surface area contributed by atoms with Gasteiger partial charge in [0.05, 0.1) is 18.1 Å². The number of fused-ring (bicyclic) bond motifs is 1. The van der Waals surface area contributed by atoms with Gasteiger partial charge >= 0.3 is 0 Å².